The Morgan fingerprint density at radius 2 is 2.12 bits per heavy atom. The summed E-state index contributed by atoms with van der Waals surface area (Å²) in [6.45, 7) is 4.36. The number of aromatic nitrogens is 1. The van der Waals surface area contributed by atoms with E-state index in [2.05, 4.69) is 11.6 Å². The SMILES string of the molecule is C=C(/C=C/c1ccc(Cl)cn1)N1C(=O)OC[C@@H]1Cc1ccccc1. The van der Waals surface area contributed by atoms with Crippen molar-refractivity contribution >= 4 is 23.8 Å². The third-order valence-electron chi connectivity index (χ3n) is 3.78. The van der Waals surface area contributed by atoms with E-state index >= 15 is 0 Å². The molecule has 2 heterocycles. The highest BCUT2D eigenvalue weighted by molar-refractivity contribution is 6.30. The molecular formula is C19H17ClN2O2. The third-order valence-corrected chi connectivity index (χ3v) is 4.00. The molecule has 0 radical (unpaired) electrons. The summed E-state index contributed by atoms with van der Waals surface area (Å²) < 4.78 is 5.20. The molecule has 0 saturated carbocycles. The van der Waals surface area contributed by atoms with Crippen molar-refractivity contribution in [3.63, 3.8) is 0 Å². The number of carbonyl (C=O) groups is 1. The van der Waals surface area contributed by atoms with Gasteiger partial charge in [-0.15, -0.1) is 0 Å². The van der Waals surface area contributed by atoms with Gasteiger partial charge in [-0.3, -0.25) is 9.88 Å². The first-order chi connectivity index (χ1) is 11.6. The van der Waals surface area contributed by atoms with Gasteiger partial charge in [0.15, 0.2) is 0 Å². The van der Waals surface area contributed by atoms with E-state index in [0.29, 0.717) is 17.3 Å². The van der Waals surface area contributed by atoms with E-state index in [-0.39, 0.29) is 12.1 Å². The van der Waals surface area contributed by atoms with E-state index in [1.807, 2.05) is 30.3 Å². The maximum Gasteiger partial charge on any atom is 0.414 e. The highest BCUT2D eigenvalue weighted by Gasteiger charge is 2.34. The number of halogens is 1. The van der Waals surface area contributed by atoms with Crippen LogP contribution in [-0.4, -0.2) is 28.6 Å². The molecule has 1 aliphatic rings. The van der Waals surface area contributed by atoms with Crippen LogP contribution < -0.4 is 0 Å². The first kappa shape index (κ1) is 16.3. The Labute approximate surface area is 146 Å². The average molecular weight is 341 g/mol. The molecule has 0 unspecified atom stereocenters. The van der Waals surface area contributed by atoms with Crippen molar-refractivity contribution in [2.24, 2.45) is 0 Å². The first-order valence-corrected chi connectivity index (χ1v) is 8.00. The first-order valence-electron chi connectivity index (χ1n) is 7.62. The van der Waals surface area contributed by atoms with Crippen LogP contribution in [0, 0.1) is 0 Å². The van der Waals surface area contributed by atoms with Gasteiger partial charge < -0.3 is 4.74 Å². The van der Waals surface area contributed by atoms with Crippen molar-refractivity contribution in [1.29, 1.82) is 0 Å². The molecule has 1 saturated heterocycles. The quantitative estimate of drug-likeness (QED) is 0.761. The fourth-order valence-corrected chi connectivity index (χ4v) is 2.71. The highest BCUT2D eigenvalue weighted by Crippen LogP contribution is 2.22. The van der Waals surface area contributed by atoms with Crippen molar-refractivity contribution in [1.82, 2.24) is 9.88 Å². The van der Waals surface area contributed by atoms with Crippen LogP contribution in [0.1, 0.15) is 11.3 Å². The molecule has 0 aliphatic carbocycles. The Kier molecular flexibility index (Phi) is 4.96. The summed E-state index contributed by atoms with van der Waals surface area (Å²) in [6.07, 6.45) is 5.49. The predicted octanol–water partition coefficient (Wildman–Crippen LogP) is 4.33. The normalized spacial score (nSPS) is 17.3. The largest absolute Gasteiger partial charge is 0.447 e. The van der Waals surface area contributed by atoms with Gasteiger partial charge in [0.05, 0.1) is 16.8 Å². The molecule has 1 atom stereocenters. The van der Waals surface area contributed by atoms with Gasteiger partial charge in [0.25, 0.3) is 0 Å². The Hall–Kier alpha value is -2.59. The molecule has 1 aromatic heterocycles. The molecular weight excluding hydrogens is 324 g/mol. The van der Waals surface area contributed by atoms with Crippen LogP contribution >= 0.6 is 11.6 Å². The number of benzene rings is 1. The van der Waals surface area contributed by atoms with Crippen LogP contribution in [-0.2, 0) is 11.2 Å². The summed E-state index contributed by atoms with van der Waals surface area (Å²) in [5.41, 5.74) is 2.48. The van der Waals surface area contributed by atoms with E-state index in [1.165, 1.54) is 0 Å². The monoisotopic (exact) mass is 340 g/mol. The van der Waals surface area contributed by atoms with Crippen molar-refractivity contribution in [2.45, 2.75) is 12.5 Å². The van der Waals surface area contributed by atoms with Crippen LogP contribution in [0.25, 0.3) is 6.08 Å². The summed E-state index contributed by atoms with van der Waals surface area (Å²) in [6, 6.07) is 13.5. The van der Waals surface area contributed by atoms with Gasteiger partial charge >= 0.3 is 6.09 Å². The van der Waals surface area contributed by atoms with Gasteiger partial charge in [-0.1, -0.05) is 48.5 Å². The molecule has 1 amide bonds. The molecule has 3 rings (SSSR count). The van der Waals surface area contributed by atoms with Crippen LogP contribution in [0.15, 0.2) is 67.0 Å². The minimum absolute atomic E-state index is 0.0600. The van der Waals surface area contributed by atoms with Gasteiger partial charge in [0.2, 0.25) is 0 Å². The summed E-state index contributed by atoms with van der Waals surface area (Å²) >= 11 is 5.82. The minimum atomic E-state index is -0.366. The highest BCUT2D eigenvalue weighted by atomic mass is 35.5. The molecule has 24 heavy (non-hydrogen) atoms. The number of allylic oxidation sites excluding steroid dienone is 1. The number of cyclic esters (lactones) is 1. The van der Waals surface area contributed by atoms with Gasteiger partial charge in [-0.25, -0.2) is 4.79 Å². The van der Waals surface area contributed by atoms with Crippen molar-refractivity contribution in [3.05, 3.63) is 83.3 Å². The van der Waals surface area contributed by atoms with Crippen LogP contribution in [0.4, 0.5) is 4.79 Å². The topological polar surface area (TPSA) is 42.4 Å². The zero-order valence-electron chi connectivity index (χ0n) is 13.1. The van der Waals surface area contributed by atoms with Crippen molar-refractivity contribution in [2.75, 3.05) is 6.61 Å². The van der Waals surface area contributed by atoms with E-state index in [9.17, 15) is 4.79 Å². The zero-order chi connectivity index (χ0) is 16.9. The minimum Gasteiger partial charge on any atom is -0.447 e. The van der Waals surface area contributed by atoms with E-state index in [0.717, 1.165) is 17.7 Å². The summed E-state index contributed by atoms with van der Waals surface area (Å²) in [5.74, 6) is 0. The fraction of sp³-hybridized carbons (Fsp3) is 0.158. The van der Waals surface area contributed by atoms with Gasteiger partial charge in [-0.2, -0.15) is 0 Å². The second-order valence-electron chi connectivity index (χ2n) is 5.52. The van der Waals surface area contributed by atoms with Crippen LogP contribution in [0.3, 0.4) is 0 Å². The maximum atomic E-state index is 12.0. The number of hydrogen-bond acceptors (Lipinski definition) is 3. The standard InChI is InChI=1S/C19H17ClN2O2/c1-14(7-9-17-10-8-16(20)12-21-17)22-18(13-24-19(22)23)11-15-5-3-2-4-6-15/h2-10,12,18H,1,11,13H2/b9-7+/t18-/m0/s1. The molecule has 1 aliphatic heterocycles. The van der Waals surface area contributed by atoms with Crippen LogP contribution in [0.5, 0.6) is 0 Å². The number of ether oxygens (including phenoxy) is 1. The van der Waals surface area contributed by atoms with Gasteiger partial charge in [-0.05, 0) is 36.3 Å². The molecule has 5 heteroatoms. The second-order valence-corrected chi connectivity index (χ2v) is 5.95. The van der Waals surface area contributed by atoms with Crippen LogP contribution in [0.2, 0.25) is 5.02 Å². The second kappa shape index (κ2) is 7.32. The van der Waals surface area contributed by atoms with Gasteiger partial charge in [0.1, 0.15) is 6.61 Å². The summed E-state index contributed by atoms with van der Waals surface area (Å²) in [5, 5.41) is 0.581. The molecule has 0 N–H and O–H groups in total. The summed E-state index contributed by atoms with van der Waals surface area (Å²) in [7, 11) is 0. The zero-order valence-corrected chi connectivity index (χ0v) is 13.8. The number of hydrogen-bond donors (Lipinski definition) is 0. The molecule has 0 bridgehead atoms. The lowest BCUT2D eigenvalue weighted by atomic mass is 10.1. The van der Waals surface area contributed by atoms with Crippen molar-refractivity contribution in [3.8, 4) is 0 Å². The number of rotatable bonds is 5. The lowest BCUT2D eigenvalue weighted by Gasteiger charge is -2.21. The molecule has 0 spiro atoms. The number of amides is 1. The van der Waals surface area contributed by atoms with E-state index in [1.54, 1.807) is 35.4 Å². The average Bonchev–Trinajstić information content (AvgIpc) is 2.95. The van der Waals surface area contributed by atoms with E-state index in [4.69, 9.17) is 16.3 Å². The summed E-state index contributed by atoms with van der Waals surface area (Å²) in [4.78, 5) is 17.8. The Bertz CT molecular complexity index is 757. The van der Waals surface area contributed by atoms with E-state index < -0.39 is 0 Å². The maximum absolute atomic E-state index is 12.0. The molecule has 1 fully saturated rings. The smallest absolute Gasteiger partial charge is 0.414 e. The fourth-order valence-electron chi connectivity index (χ4n) is 2.60. The predicted molar refractivity (Wildman–Crippen MR) is 94.5 cm³/mol. The van der Waals surface area contributed by atoms with Crippen molar-refractivity contribution < 1.29 is 9.53 Å². The Morgan fingerprint density at radius 3 is 2.83 bits per heavy atom. The number of pyridine rings is 1. The molecule has 2 aromatic rings. The Morgan fingerprint density at radius 1 is 1.33 bits per heavy atom. The molecule has 122 valence electrons. The molecule has 1 aromatic carbocycles. The Balaban J connectivity index is 1.71. The molecule has 4 nitrogen and oxygen atoms in total. The number of nitrogens with zero attached hydrogens (tertiary/aromatic N) is 2. The number of carbonyl (C=O) groups excluding carboxylic acids is 1. The lowest BCUT2D eigenvalue weighted by molar-refractivity contribution is 0.165. The third kappa shape index (κ3) is 3.84. The van der Waals surface area contributed by atoms with Gasteiger partial charge in [0, 0.05) is 11.9 Å². The lowest BCUT2D eigenvalue weighted by Crippen LogP contribution is -2.33.